The van der Waals surface area contributed by atoms with Crippen molar-refractivity contribution < 1.29 is 4.79 Å². The quantitative estimate of drug-likeness (QED) is 0.753. The van der Waals surface area contributed by atoms with Gasteiger partial charge in [0, 0.05) is 0 Å². The first-order valence-corrected chi connectivity index (χ1v) is 5.63. The van der Waals surface area contributed by atoms with Gasteiger partial charge in [-0.1, -0.05) is 18.2 Å². The second-order valence-electron chi connectivity index (χ2n) is 4.01. The SMILES string of the molecule is CC1=NN(c2ccccc2)C(=O)[C@H]1C=C(C#N)C#N. The number of para-hydroxylation sites is 1. The Kier molecular flexibility index (Phi) is 3.40. The molecule has 2 rings (SSSR count). The molecule has 1 atom stereocenters. The fourth-order valence-electron chi connectivity index (χ4n) is 1.79. The first-order chi connectivity index (χ1) is 9.17. The Morgan fingerprint density at radius 2 is 1.95 bits per heavy atom. The lowest BCUT2D eigenvalue weighted by atomic mass is 10.0. The maximum absolute atomic E-state index is 12.2. The number of hydrogen-bond donors (Lipinski definition) is 0. The number of carbonyl (C=O) groups excluding carboxylic acids is 1. The molecule has 0 N–H and O–H groups in total. The number of allylic oxidation sites excluding steroid dienone is 1. The van der Waals surface area contributed by atoms with E-state index >= 15 is 0 Å². The molecule has 0 unspecified atom stereocenters. The van der Waals surface area contributed by atoms with Crippen molar-refractivity contribution in [2.75, 3.05) is 5.01 Å². The van der Waals surface area contributed by atoms with Gasteiger partial charge in [-0.05, 0) is 25.1 Å². The Morgan fingerprint density at radius 1 is 1.32 bits per heavy atom. The molecule has 0 spiro atoms. The number of carbonyl (C=O) groups is 1. The van der Waals surface area contributed by atoms with Gasteiger partial charge >= 0.3 is 0 Å². The maximum Gasteiger partial charge on any atom is 0.260 e. The van der Waals surface area contributed by atoms with E-state index in [1.165, 1.54) is 11.1 Å². The molecule has 0 fully saturated rings. The lowest BCUT2D eigenvalue weighted by molar-refractivity contribution is -0.118. The lowest BCUT2D eigenvalue weighted by Crippen LogP contribution is -2.26. The van der Waals surface area contributed by atoms with Gasteiger partial charge in [0.15, 0.2) is 0 Å². The predicted octanol–water partition coefficient (Wildman–Crippen LogP) is 2.00. The summed E-state index contributed by atoms with van der Waals surface area (Å²) in [6.45, 7) is 1.70. The zero-order valence-electron chi connectivity index (χ0n) is 10.2. The first kappa shape index (κ1) is 12.5. The molecule has 1 aliphatic rings. The highest BCUT2D eigenvalue weighted by atomic mass is 16.2. The average Bonchev–Trinajstić information content (AvgIpc) is 2.73. The predicted molar refractivity (Wildman–Crippen MR) is 69.8 cm³/mol. The molecule has 92 valence electrons. The second kappa shape index (κ2) is 5.16. The Morgan fingerprint density at radius 3 is 2.53 bits per heavy atom. The third-order valence-electron chi connectivity index (χ3n) is 2.76. The van der Waals surface area contributed by atoms with Gasteiger partial charge in [0.25, 0.3) is 5.91 Å². The molecule has 0 aromatic heterocycles. The van der Waals surface area contributed by atoms with Crippen LogP contribution in [0.4, 0.5) is 5.69 Å². The summed E-state index contributed by atoms with van der Waals surface area (Å²) >= 11 is 0. The van der Waals surface area contributed by atoms with Crippen LogP contribution in [0.2, 0.25) is 0 Å². The number of nitriles is 2. The van der Waals surface area contributed by atoms with Crippen LogP contribution in [0.15, 0.2) is 47.1 Å². The van der Waals surface area contributed by atoms with Crippen molar-refractivity contribution in [1.29, 1.82) is 10.5 Å². The molecule has 0 saturated heterocycles. The number of rotatable bonds is 2. The van der Waals surface area contributed by atoms with Gasteiger partial charge in [0.1, 0.15) is 23.6 Å². The van der Waals surface area contributed by atoms with Gasteiger partial charge in [0.05, 0.1) is 11.4 Å². The molecule has 0 bridgehead atoms. The van der Waals surface area contributed by atoms with Crippen LogP contribution < -0.4 is 5.01 Å². The number of nitrogens with zero attached hydrogens (tertiary/aromatic N) is 4. The molecule has 1 heterocycles. The Hall–Kier alpha value is -2.92. The minimum atomic E-state index is -0.644. The van der Waals surface area contributed by atoms with Gasteiger partial charge in [-0.3, -0.25) is 4.79 Å². The van der Waals surface area contributed by atoms with Gasteiger partial charge < -0.3 is 0 Å². The van der Waals surface area contributed by atoms with Crippen LogP contribution >= 0.6 is 0 Å². The topological polar surface area (TPSA) is 80.2 Å². The zero-order valence-corrected chi connectivity index (χ0v) is 10.2. The van der Waals surface area contributed by atoms with E-state index in [0.717, 1.165) is 0 Å². The highest BCUT2D eigenvalue weighted by molar-refractivity contribution is 6.16. The number of benzene rings is 1. The number of hydrazone groups is 1. The standard InChI is InChI=1S/C14H10N4O/c1-10-13(7-11(8-15)9-16)14(19)18(17-10)12-5-3-2-4-6-12/h2-7,13H,1H3/t13-/m0/s1. The summed E-state index contributed by atoms with van der Waals surface area (Å²) in [5.41, 5.74) is 1.15. The summed E-state index contributed by atoms with van der Waals surface area (Å²) in [6.07, 6.45) is 1.35. The molecule has 1 aliphatic heterocycles. The fraction of sp³-hybridized carbons (Fsp3) is 0.143. The fourth-order valence-corrected chi connectivity index (χ4v) is 1.79. The van der Waals surface area contributed by atoms with Crippen LogP contribution in [0.1, 0.15) is 6.92 Å². The summed E-state index contributed by atoms with van der Waals surface area (Å²) < 4.78 is 0. The van der Waals surface area contributed by atoms with Gasteiger partial charge in [-0.25, -0.2) is 0 Å². The van der Waals surface area contributed by atoms with Crippen molar-refractivity contribution in [1.82, 2.24) is 0 Å². The monoisotopic (exact) mass is 250 g/mol. The third kappa shape index (κ3) is 2.36. The van der Waals surface area contributed by atoms with Crippen molar-refractivity contribution in [3.8, 4) is 12.1 Å². The molecule has 1 amide bonds. The van der Waals surface area contributed by atoms with Gasteiger partial charge in [0.2, 0.25) is 0 Å². The molecule has 19 heavy (non-hydrogen) atoms. The van der Waals surface area contributed by atoms with Crippen LogP contribution in [0, 0.1) is 28.6 Å². The Balaban J connectivity index is 2.33. The van der Waals surface area contributed by atoms with Crippen molar-refractivity contribution in [2.24, 2.45) is 11.0 Å². The van der Waals surface area contributed by atoms with Crippen LogP contribution in [0.5, 0.6) is 0 Å². The molecule has 1 aromatic carbocycles. The van der Waals surface area contributed by atoms with Crippen LogP contribution in [-0.4, -0.2) is 11.6 Å². The van der Waals surface area contributed by atoms with E-state index in [9.17, 15) is 4.79 Å². The van der Waals surface area contributed by atoms with E-state index in [2.05, 4.69) is 5.10 Å². The number of anilines is 1. The largest absolute Gasteiger partial charge is 0.271 e. The molecular weight excluding hydrogens is 240 g/mol. The number of amides is 1. The summed E-state index contributed by atoms with van der Waals surface area (Å²) in [6, 6.07) is 12.5. The normalized spacial score (nSPS) is 17.4. The molecular formula is C14H10N4O. The minimum absolute atomic E-state index is 0.0807. The zero-order chi connectivity index (χ0) is 13.8. The molecule has 0 saturated carbocycles. The third-order valence-corrected chi connectivity index (χ3v) is 2.76. The van der Waals surface area contributed by atoms with E-state index in [4.69, 9.17) is 10.5 Å². The van der Waals surface area contributed by atoms with E-state index < -0.39 is 5.92 Å². The summed E-state index contributed by atoms with van der Waals surface area (Å²) in [4.78, 5) is 12.2. The molecule has 5 nitrogen and oxygen atoms in total. The van der Waals surface area contributed by atoms with Crippen molar-refractivity contribution in [3.63, 3.8) is 0 Å². The molecule has 0 radical (unpaired) electrons. The highest BCUT2D eigenvalue weighted by Crippen LogP contribution is 2.24. The average molecular weight is 250 g/mol. The molecule has 1 aromatic rings. The summed E-state index contributed by atoms with van der Waals surface area (Å²) in [5, 5.41) is 22.9. The highest BCUT2D eigenvalue weighted by Gasteiger charge is 2.33. The van der Waals surface area contributed by atoms with Crippen LogP contribution in [0.25, 0.3) is 0 Å². The van der Waals surface area contributed by atoms with Crippen molar-refractivity contribution in [2.45, 2.75) is 6.92 Å². The van der Waals surface area contributed by atoms with Crippen molar-refractivity contribution >= 4 is 17.3 Å². The maximum atomic E-state index is 12.2. The molecule has 0 aliphatic carbocycles. The minimum Gasteiger partial charge on any atom is -0.271 e. The van der Waals surface area contributed by atoms with E-state index in [1.807, 2.05) is 18.2 Å². The summed E-state index contributed by atoms with van der Waals surface area (Å²) in [7, 11) is 0. The van der Waals surface area contributed by atoms with E-state index in [0.29, 0.717) is 11.4 Å². The summed E-state index contributed by atoms with van der Waals surface area (Å²) in [5.74, 6) is -0.902. The van der Waals surface area contributed by atoms with Gasteiger partial charge in [-0.2, -0.15) is 20.6 Å². The first-order valence-electron chi connectivity index (χ1n) is 5.63. The van der Waals surface area contributed by atoms with Crippen LogP contribution in [0.3, 0.4) is 0 Å². The second-order valence-corrected chi connectivity index (χ2v) is 4.01. The van der Waals surface area contributed by atoms with Crippen molar-refractivity contribution in [3.05, 3.63) is 42.0 Å². The lowest BCUT2D eigenvalue weighted by Gasteiger charge is -2.12. The van der Waals surface area contributed by atoms with E-state index in [1.54, 1.807) is 31.2 Å². The Labute approximate surface area is 110 Å². The van der Waals surface area contributed by atoms with Crippen LogP contribution in [-0.2, 0) is 4.79 Å². The molecule has 5 heteroatoms. The van der Waals surface area contributed by atoms with Gasteiger partial charge in [-0.15, -0.1) is 0 Å². The van der Waals surface area contributed by atoms with E-state index in [-0.39, 0.29) is 11.5 Å². The Bertz CT molecular complexity index is 630. The smallest absolute Gasteiger partial charge is 0.260 e. The number of hydrogen-bond acceptors (Lipinski definition) is 4.